The zero-order valence-electron chi connectivity index (χ0n) is 22.4. The standard InChI is InChI=1S/C30H29BrClN5O2S/c1-4-15-40-30-35-29-33-19(3)26(28(38)34-22-12-9-18(2)10-13-22)27(37(29)36-30)23-16-21(31)11-14-25(23)39-17-20-7-5-6-8-24(20)32/h5-14,16,27H,4,15,17H2,1-3H3,(H,34,38)(H,33,35,36). The largest absolute Gasteiger partial charge is 0.488 e. The van der Waals surface area contributed by atoms with Crippen LogP contribution in [-0.4, -0.2) is 26.4 Å². The van der Waals surface area contributed by atoms with E-state index in [2.05, 4.69) is 33.5 Å². The lowest BCUT2D eigenvalue weighted by Crippen LogP contribution is -2.31. The first-order chi connectivity index (χ1) is 19.3. The summed E-state index contributed by atoms with van der Waals surface area (Å²) in [5.74, 6) is 1.85. The lowest BCUT2D eigenvalue weighted by atomic mass is 9.94. The molecule has 5 rings (SSSR count). The van der Waals surface area contributed by atoms with E-state index in [0.717, 1.165) is 33.3 Å². The van der Waals surface area contributed by atoms with Crippen LogP contribution in [0.3, 0.4) is 0 Å². The van der Waals surface area contributed by atoms with Crippen LogP contribution in [0.4, 0.5) is 11.6 Å². The topological polar surface area (TPSA) is 81.1 Å². The molecule has 10 heteroatoms. The van der Waals surface area contributed by atoms with Crippen LogP contribution in [-0.2, 0) is 11.4 Å². The Morgan fingerprint density at radius 2 is 1.93 bits per heavy atom. The number of aryl methyl sites for hydroxylation is 1. The quantitative estimate of drug-likeness (QED) is 0.181. The second-order valence-electron chi connectivity index (χ2n) is 9.46. The lowest BCUT2D eigenvalue weighted by Gasteiger charge is -2.30. The minimum absolute atomic E-state index is 0.236. The third-order valence-electron chi connectivity index (χ3n) is 6.43. The van der Waals surface area contributed by atoms with Gasteiger partial charge < -0.3 is 15.4 Å². The number of allylic oxidation sites excluding steroid dienone is 1. The molecule has 2 N–H and O–H groups in total. The summed E-state index contributed by atoms with van der Waals surface area (Å²) in [7, 11) is 0. The van der Waals surface area contributed by atoms with Gasteiger partial charge in [0, 0.05) is 37.8 Å². The molecule has 0 saturated carbocycles. The third kappa shape index (κ3) is 6.22. The molecule has 1 amide bonds. The summed E-state index contributed by atoms with van der Waals surface area (Å²) in [6.45, 7) is 6.29. The van der Waals surface area contributed by atoms with E-state index in [1.165, 1.54) is 0 Å². The maximum absolute atomic E-state index is 13.9. The minimum Gasteiger partial charge on any atom is -0.488 e. The smallest absolute Gasteiger partial charge is 0.255 e. The number of thioether (sulfide) groups is 1. The highest BCUT2D eigenvalue weighted by atomic mass is 79.9. The Bertz CT molecular complexity index is 1570. The second-order valence-corrected chi connectivity index (χ2v) is 11.8. The van der Waals surface area contributed by atoms with Gasteiger partial charge in [-0.05, 0) is 56.7 Å². The minimum atomic E-state index is -0.594. The number of nitrogens with zero attached hydrogens (tertiary/aromatic N) is 3. The monoisotopic (exact) mass is 637 g/mol. The molecule has 0 spiro atoms. The van der Waals surface area contributed by atoms with Crippen molar-refractivity contribution in [2.45, 2.75) is 45.0 Å². The number of hydrogen-bond donors (Lipinski definition) is 2. The van der Waals surface area contributed by atoms with Gasteiger partial charge in [-0.3, -0.25) is 4.79 Å². The van der Waals surface area contributed by atoms with Gasteiger partial charge in [0.15, 0.2) is 0 Å². The molecule has 0 aliphatic carbocycles. The van der Waals surface area contributed by atoms with Gasteiger partial charge >= 0.3 is 0 Å². The number of amides is 1. The number of ether oxygens (including phenoxy) is 1. The molecular weight excluding hydrogens is 610 g/mol. The first-order valence-corrected chi connectivity index (χ1v) is 15.1. The number of aromatic nitrogens is 3. The predicted molar refractivity (Wildman–Crippen MR) is 165 cm³/mol. The Kier molecular flexibility index (Phi) is 8.83. The third-order valence-corrected chi connectivity index (χ3v) is 8.34. The number of carbonyl (C=O) groups is 1. The first kappa shape index (κ1) is 28.3. The van der Waals surface area contributed by atoms with Crippen LogP contribution in [0.5, 0.6) is 5.75 Å². The van der Waals surface area contributed by atoms with Gasteiger partial charge in [-0.25, -0.2) is 4.68 Å². The Hall–Kier alpha value is -3.27. The van der Waals surface area contributed by atoms with Crippen molar-refractivity contribution in [1.82, 2.24) is 14.8 Å². The van der Waals surface area contributed by atoms with Crippen molar-refractivity contribution in [3.8, 4) is 5.75 Å². The van der Waals surface area contributed by atoms with E-state index in [1.54, 1.807) is 16.4 Å². The highest BCUT2D eigenvalue weighted by molar-refractivity contribution is 9.10. The summed E-state index contributed by atoms with van der Waals surface area (Å²) in [6.07, 6.45) is 0.999. The summed E-state index contributed by atoms with van der Waals surface area (Å²) in [5, 5.41) is 12.5. The van der Waals surface area contributed by atoms with E-state index in [9.17, 15) is 4.79 Å². The van der Waals surface area contributed by atoms with Gasteiger partial charge in [-0.15, -0.1) is 5.10 Å². The molecule has 206 valence electrons. The van der Waals surface area contributed by atoms with E-state index in [4.69, 9.17) is 26.4 Å². The summed E-state index contributed by atoms with van der Waals surface area (Å²) < 4.78 is 8.98. The average molecular weight is 639 g/mol. The molecule has 1 aromatic heterocycles. The number of halogens is 2. The second kappa shape index (κ2) is 12.5. The van der Waals surface area contributed by atoms with E-state index < -0.39 is 6.04 Å². The van der Waals surface area contributed by atoms with Crippen LogP contribution in [0.25, 0.3) is 0 Å². The Labute approximate surface area is 251 Å². The van der Waals surface area contributed by atoms with Crippen molar-refractivity contribution in [3.63, 3.8) is 0 Å². The average Bonchev–Trinajstić information content (AvgIpc) is 3.34. The van der Waals surface area contributed by atoms with E-state index in [0.29, 0.717) is 38.8 Å². The van der Waals surface area contributed by atoms with Gasteiger partial charge in [0.05, 0.1) is 5.57 Å². The molecule has 1 aliphatic heterocycles. The van der Waals surface area contributed by atoms with Crippen molar-refractivity contribution in [2.24, 2.45) is 0 Å². The SMILES string of the molecule is CCCSc1nc2n(n1)C(c1cc(Br)ccc1OCc1ccccc1Cl)C(C(=O)Nc1ccc(C)cc1)=C(C)N2. The molecule has 3 aromatic carbocycles. The fourth-order valence-electron chi connectivity index (χ4n) is 4.44. The molecule has 0 bridgehead atoms. The van der Waals surface area contributed by atoms with Crippen LogP contribution in [0.15, 0.2) is 87.6 Å². The first-order valence-electron chi connectivity index (χ1n) is 12.9. The van der Waals surface area contributed by atoms with Crippen LogP contribution in [0, 0.1) is 6.92 Å². The molecule has 4 aromatic rings. The van der Waals surface area contributed by atoms with Crippen LogP contribution >= 0.6 is 39.3 Å². The number of anilines is 2. The Morgan fingerprint density at radius 1 is 1.15 bits per heavy atom. The predicted octanol–water partition coefficient (Wildman–Crippen LogP) is 8.01. The van der Waals surface area contributed by atoms with Gasteiger partial charge in [0.1, 0.15) is 18.4 Å². The number of fused-ring (bicyclic) bond motifs is 1. The normalized spacial score (nSPS) is 14.5. The molecule has 40 heavy (non-hydrogen) atoms. The zero-order chi connectivity index (χ0) is 28.2. The molecule has 2 heterocycles. The van der Waals surface area contributed by atoms with Crippen molar-refractivity contribution in [1.29, 1.82) is 0 Å². The summed E-state index contributed by atoms with van der Waals surface area (Å²) >= 11 is 11.6. The van der Waals surface area contributed by atoms with Crippen molar-refractivity contribution < 1.29 is 9.53 Å². The molecule has 1 atom stereocenters. The van der Waals surface area contributed by atoms with Gasteiger partial charge in [-0.2, -0.15) is 4.98 Å². The molecule has 1 unspecified atom stereocenters. The number of carbonyl (C=O) groups excluding carboxylic acids is 1. The molecule has 0 radical (unpaired) electrons. The molecule has 0 saturated heterocycles. The number of benzene rings is 3. The zero-order valence-corrected chi connectivity index (χ0v) is 25.5. The van der Waals surface area contributed by atoms with Crippen LogP contribution < -0.4 is 15.4 Å². The van der Waals surface area contributed by atoms with Gasteiger partial charge in [0.2, 0.25) is 11.1 Å². The van der Waals surface area contributed by atoms with Gasteiger partial charge in [0.25, 0.3) is 5.91 Å². The van der Waals surface area contributed by atoms with Crippen molar-refractivity contribution >= 4 is 56.8 Å². The Balaban J connectivity index is 1.58. The number of rotatable bonds is 9. The van der Waals surface area contributed by atoms with E-state index in [-0.39, 0.29) is 12.5 Å². The van der Waals surface area contributed by atoms with E-state index >= 15 is 0 Å². The molecule has 1 aliphatic rings. The fourth-order valence-corrected chi connectivity index (χ4v) is 5.69. The highest BCUT2D eigenvalue weighted by Crippen LogP contribution is 2.41. The molecular formula is C30H29BrClN5O2S. The summed E-state index contributed by atoms with van der Waals surface area (Å²) in [4.78, 5) is 18.6. The van der Waals surface area contributed by atoms with Crippen LogP contribution in [0.2, 0.25) is 5.02 Å². The molecule has 7 nitrogen and oxygen atoms in total. The van der Waals surface area contributed by atoms with Crippen LogP contribution in [0.1, 0.15) is 43.0 Å². The molecule has 0 fully saturated rings. The maximum atomic E-state index is 13.9. The van der Waals surface area contributed by atoms with Crippen molar-refractivity contribution in [3.05, 3.63) is 104 Å². The Morgan fingerprint density at radius 3 is 2.67 bits per heavy atom. The summed E-state index contributed by atoms with van der Waals surface area (Å²) in [5.41, 5.74) is 4.68. The van der Waals surface area contributed by atoms with Gasteiger partial charge in [-0.1, -0.05) is 82.1 Å². The maximum Gasteiger partial charge on any atom is 0.255 e. The summed E-state index contributed by atoms with van der Waals surface area (Å²) in [6, 6.07) is 20.5. The number of nitrogens with one attached hydrogen (secondary N) is 2. The van der Waals surface area contributed by atoms with E-state index in [1.807, 2.05) is 80.6 Å². The highest BCUT2D eigenvalue weighted by Gasteiger charge is 2.36. The van der Waals surface area contributed by atoms with Crippen molar-refractivity contribution in [2.75, 3.05) is 16.4 Å². The lowest BCUT2D eigenvalue weighted by molar-refractivity contribution is -0.113. The fraction of sp³-hybridized carbons (Fsp3) is 0.233. The number of hydrogen-bond acceptors (Lipinski definition) is 6.